The number of para-hydroxylation sites is 1. The minimum atomic E-state index is -0.715. The van der Waals surface area contributed by atoms with Crippen molar-refractivity contribution in [2.24, 2.45) is 7.05 Å². The Labute approximate surface area is 275 Å². The van der Waals surface area contributed by atoms with E-state index in [0.29, 0.717) is 31.6 Å². The number of carbonyl (C=O) groups is 3. The largest absolute Gasteiger partial charge is 0.508 e. The second kappa shape index (κ2) is 14.3. The standard InChI is InChI=1S/C35H45N7O5/c1-3-14-41-23-32(45)42-30(19-24-8-10-27(44)11-9-24)35(47)40(22-31(42)37-41)20-25-6-4-7-28-29(21-38(2)33(25)28)34(46)36-26-12-16-39(17-13-26)15-5-18-43/h3-4,6-11,21,26,30-31,37,43-44H,1,5,12-20,22-23H2,2H3,(H,36,46)/t30-,31+/m0/s1. The minimum Gasteiger partial charge on any atom is -0.508 e. The number of aliphatic hydroxyl groups excluding tert-OH is 1. The fourth-order valence-electron chi connectivity index (χ4n) is 7.27. The number of piperidine rings is 1. The summed E-state index contributed by atoms with van der Waals surface area (Å²) >= 11 is 0. The number of rotatable bonds is 11. The highest BCUT2D eigenvalue weighted by molar-refractivity contribution is 6.07. The number of fused-ring (bicyclic) bond motifs is 2. The van der Waals surface area contributed by atoms with Crippen molar-refractivity contribution in [3.63, 3.8) is 0 Å². The van der Waals surface area contributed by atoms with Gasteiger partial charge in [-0.15, -0.1) is 6.58 Å². The number of amides is 3. The maximum Gasteiger partial charge on any atom is 0.253 e. The lowest BCUT2D eigenvalue weighted by Crippen LogP contribution is -2.74. The number of nitrogens with zero attached hydrogens (tertiary/aromatic N) is 5. The van der Waals surface area contributed by atoms with E-state index in [1.165, 1.54) is 0 Å². The molecule has 0 bridgehead atoms. The molecule has 3 aromatic rings. The van der Waals surface area contributed by atoms with E-state index in [1.54, 1.807) is 40.1 Å². The van der Waals surface area contributed by atoms with E-state index in [1.807, 2.05) is 41.0 Å². The molecule has 4 N–H and O–H groups in total. The number of aliphatic hydroxyl groups is 1. The average molecular weight is 644 g/mol. The third-order valence-corrected chi connectivity index (χ3v) is 9.57. The van der Waals surface area contributed by atoms with E-state index in [0.717, 1.165) is 60.9 Å². The zero-order valence-corrected chi connectivity index (χ0v) is 27.0. The highest BCUT2D eigenvalue weighted by Crippen LogP contribution is 2.29. The van der Waals surface area contributed by atoms with Crippen LogP contribution < -0.4 is 10.7 Å². The van der Waals surface area contributed by atoms with E-state index in [9.17, 15) is 19.5 Å². The van der Waals surface area contributed by atoms with Crippen molar-refractivity contribution in [3.8, 4) is 5.75 Å². The van der Waals surface area contributed by atoms with Crippen LogP contribution in [0.15, 0.2) is 61.3 Å². The van der Waals surface area contributed by atoms with Crippen LogP contribution in [0, 0.1) is 0 Å². The van der Waals surface area contributed by atoms with Gasteiger partial charge >= 0.3 is 0 Å². The molecule has 47 heavy (non-hydrogen) atoms. The molecule has 3 aliphatic rings. The number of aryl methyl sites for hydroxylation is 1. The minimum absolute atomic E-state index is 0.0945. The van der Waals surface area contributed by atoms with Gasteiger partial charge in [-0.25, -0.2) is 10.4 Å². The van der Waals surface area contributed by atoms with Crippen LogP contribution in [0.2, 0.25) is 0 Å². The Morgan fingerprint density at radius 3 is 2.62 bits per heavy atom. The lowest BCUT2D eigenvalue weighted by molar-refractivity contribution is -0.168. The summed E-state index contributed by atoms with van der Waals surface area (Å²) in [6.45, 7) is 7.91. The Balaban J connectivity index is 1.22. The van der Waals surface area contributed by atoms with Gasteiger partial charge in [0.15, 0.2) is 0 Å². The van der Waals surface area contributed by atoms with Gasteiger partial charge in [0.25, 0.3) is 5.91 Å². The van der Waals surface area contributed by atoms with Crippen molar-refractivity contribution in [2.75, 3.05) is 45.9 Å². The number of likely N-dealkylation sites (tertiary alicyclic amines) is 1. The molecular formula is C35H45N7O5. The van der Waals surface area contributed by atoms with E-state index in [-0.39, 0.29) is 42.7 Å². The molecule has 3 amide bonds. The second-order valence-electron chi connectivity index (χ2n) is 12.9. The number of hydrazine groups is 1. The number of aromatic nitrogens is 1. The molecule has 0 unspecified atom stereocenters. The lowest BCUT2D eigenvalue weighted by atomic mass is 9.98. The third-order valence-electron chi connectivity index (χ3n) is 9.57. The highest BCUT2D eigenvalue weighted by Gasteiger charge is 2.46. The van der Waals surface area contributed by atoms with Crippen molar-refractivity contribution < 1.29 is 24.6 Å². The van der Waals surface area contributed by atoms with Crippen molar-refractivity contribution in [3.05, 3.63) is 78.0 Å². The van der Waals surface area contributed by atoms with Gasteiger partial charge in [-0.2, -0.15) is 0 Å². The number of aromatic hydroxyl groups is 1. The van der Waals surface area contributed by atoms with Gasteiger partial charge in [0.2, 0.25) is 11.8 Å². The number of nitrogens with one attached hydrogen (secondary N) is 2. The van der Waals surface area contributed by atoms with Gasteiger partial charge in [-0.1, -0.05) is 36.4 Å². The zero-order valence-electron chi connectivity index (χ0n) is 27.0. The smallest absolute Gasteiger partial charge is 0.253 e. The Bertz CT molecular complexity index is 1610. The number of carbonyl (C=O) groups excluding carboxylic acids is 3. The van der Waals surface area contributed by atoms with Crippen LogP contribution in [0.3, 0.4) is 0 Å². The molecule has 0 spiro atoms. The van der Waals surface area contributed by atoms with Gasteiger partial charge in [0, 0.05) is 70.4 Å². The van der Waals surface area contributed by atoms with Crippen molar-refractivity contribution in [2.45, 2.75) is 50.5 Å². The topological polar surface area (TPSA) is 134 Å². The van der Waals surface area contributed by atoms with Crippen LogP contribution in [0.25, 0.3) is 10.9 Å². The Morgan fingerprint density at radius 2 is 1.89 bits per heavy atom. The fraction of sp³-hybridized carbons (Fsp3) is 0.457. The molecule has 2 aromatic carbocycles. The molecule has 12 heteroatoms. The predicted molar refractivity (Wildman–Crippen MR) is 178 cm³/mol. The van der Waals surface area contributed by atoms with Gasteiger partial charge in [-0.05, 0) is 42.5 Å². The Morgan fingerprint density at radius 1 is 1.13 bits per heavy atom. The number of hydrogen-bond acceptors (Lipinski definition) is 8. The van der Waals surface area contributed by atoms with Crippen molar-refractivity contribution >= 4 is 28.6 Å². The number of phenols is 1. The molecule has 0 radical (unpaired) electrons. The summed E-state index contributed by atoms with van der Waals surface area (Å²) in [4.78, 5) is 46.9. The summed E-state index contributed by atoms with van der Waals surface area (Å²) in [5.41, 5.74) is 6.68. The zero-order chi connectivity index (χ0) is 33.1. The molecule has 6 rings (SSSR count). The van der Waals surface area contributed by atoms with Crippen molar-refractivity contribution in [1.82, 2.24) is 35.0 Å². The molecular weight excluding hydrogens is 598 g/mol. The summed E-state index contributed by atoms with van der Waals surface area (Å²) in [5.74, 6) is -0.227. The van der Waals surface area contributed by atoms with E-state index >= 15 is 0 Å². The van der Waals surface area contributed by atoms with Gasteiger partial charge in [-0.3, -0.25) is 14.4 Å². The van der Waals surface area contributed by atoms with Crippen LogP contribution in [0.4, 0.5) is 0 Å². The van der Waals surface area contributed by atoms with E-state index in [4.69, 9.17) is 5.11 Å². The predicted octanol–water partition coefficient (Wildman–Crippen LogP) is 1.57. The highest BCUT2D eigenvalue weighted by atomic mass is 16.3. The average Bonchev–Trinajstić information content (AvgIpc) is 3.41. The number of piperazine rings is 1. The summed E-state index contributed by atoms with van der Waals surface area (Å²) in [6.07, 6.45) is 6.01. The molecule has 1 aromatic heterocycles. The third kappa shape index (κ3) is 7.05. The molecule has 3 aliphatic heterocycles. The Kier molecular flexibility index (Phi) is 9.92. The number of phenolic OH excluding ortho intramolecular Hbond substituents is 1. The van der Waals surface area contributed by atoms with Crippen LogP contribution in [0.5, 0.6) is 5.75 Å². The van der Waals surface area contributed by atoms with Gasteiger partial charge in [0.1, 0.15) is 18.0 Å². The molecule has 3 fully saturated rings. The second-order valence-corrected chi connectivity index (χ2v) is 12.9. The van der Waals surface area contributed by atoms with E-state index < -0.39 is 12.2 Å². The normalized spacial score (nSPS) is 21.3. The maximum absolute atomic E-state index is 14.2. The van der Waals surface area contributed by atoms with Crippen LogP contribution in [-0.4, -0.2) is 116 Å². The summed E-state index contributed by atoms with van der Waals surface area (Å²) < 4.78 is 1.96. The first kappa shape index (κ1) is 32.7. The summed E-state index contributed by atoms with van der Waals surface area (Å²) in [5, 5.41) is 24.8. The molecule has 0 aliphatic carbocycles. The first-order chi connectivity index (χ1) is 22.7. The molecule has 250 valence electrons. The quantitative estimate of drug-likeness (QED) is 0.232. The van der Waals surface area contributed by atoms with Crippen LogP contribution in [0.1, 0.15) is 40.7 Å². The van der Waals surface area contributed by atoms with E-state index in [2.05, 4.69) is 22.2 Å². The first-order valence-corrected chi connectivity index (χ1v) is 16.5. The summed E-state index contributed by atoms with van der Waals surface area (Å²) in [6, 6.07) is 12.0. The molecule has 4 heterocycles. The molecule has 3 saturated heterocycles. The Hall–Kier alpha value is -4.23. The fourth-order valence-corrected chi connectivity index (χ4v) is 7.27. The monoisotopic (exact) mass is 643 g/mol. The van der Waals surface area contributed by atoms with Crippen LogP contribution in [-0.2, 0) is 29.6 Å². The molecule has 12 nitrogen and oxygen atoms in total. The van der Waals surface area contributed by atoms with Gasteiger partial charge in [0.05, 0.1) is 24.2 Å². The molecule has 0 saturated carbocycles. The van der Waals surface area contributed by atoms with Crippen molar-refractivity contribution in [1.29, 1.82) is 0 Å². The lowest BCUT2D eigenvalue weighted by Gasteiger charge is -2.50. The van der Waals surface area contributed by atoms with Crippen LogP contribution >= 0.6 is 0 Å². The maximum atomic E-state index is 14.2. The summed E-state index contributed by atoms with van der Waals surface area (Å²) in [7, 11) is 1.92. The number of benzene rings is 2. The SMILES string of the molecule is C=CCN1CC(=O)N2[C@H](CN(Cc3cccc4c(C(=O)NC5CCN(CCCO)CC5)cn(C)c34)C(=O)[C@@H]2Cc2ccc(O)cc2)N1. The molecule has 2 atom stereocenters. The first-order valence-electron chi connectivity index (χ1n) is 16.5. The number of hydrogen-bond donors (Lipinski definition) is 4. The van der Waals surface area contributed by atoms with Gasteiger partial charge < -0.3 is 34.8 Å².